The summed E-state index contributed by atoms with van der Waals surface area (Å²) in [7, 11) is 1.68. The maximum atomic E-state index is 13.4. The Morgan fingerprint density at radius 1 is 1.09 bits per heavy atom. The van der Waals surface area contributed by atoms with E-state index in [1.54, 1.807) is 24.6 Å². The quantitative estimate of drug-likeness (QED) is 0.246. The molecular weight excluding hydrogens is 578 g/mol. The summed E-state index contributed by atoms with van der Waals surface area (Å²) in [6.45, 7) is 4.00. The number of anilines is 1. The van der Waals surface area contributed by atoms with Gasteiger partial charge in [-0.3, -0.25) is 28.8 Å². The molecule has 0 aliphatic heterocycles. The molecule has 0 radical (unpaired) electrons. The number of hydrogen-bond donors (Lipinski definition) is 4. The normalized spacial score (nSPS) is 25.3. The van der Waals surface area contributed by atoms with Crippen molar-refractivity contribution < 1.29 is 24.0 Å². The van der Waals surface area contributed by atoms with Crippen molar-refractivity contribution >= 4 is 35.1 Å². The standard InChI is InChI=1S/C32H43N7O6/c1-4-31-12-20-11-21(13-31)15-32(14-20,18-31)37-26(41)17-39-10-6-7-23(30(39)45)36-27(42)22(8-9-25(40)29(44)33-5-2)35-28(43)24-16-38(3)19-34-24/h6-7,10,16,19-22H,4-5,8-9,11-15,17-18H2,1-3H3,(H,33,44)(H,35,43)(H,36,42)(H,37,41)/t20?,21?,22-,31?,32?/m0/s1. The Kier molecular flexibility index (Phi) is 9.26. The molecule has 242 valence electrons. The number of amides is 4. The predicted octanol–water partition coefficient (Wildman–Crippen LogP) is 1.67. The van der Waals surface area contributed by atoms with Gasteiger partial charge in [-0.2, -0.15) is 0 Å². The lowest BCUT2D eigenvalue weighted by atomic mass is 9.46. The number of hydrogen-bond acceptors (Lipinski definition) is 7. The molecule has 4 fully saturated rings. The monoisotopic (exact) mass is 621 g/mol. The van der Waals surface area contributed by atoms with Crippen LogP contribution in [0.1, 0.15) is 82.1 Å². The highest BCUT2D eigenvalue weighted by atomic mass is 16.2. The number of aryl methyl sites for hydroxylation is 1. The molecule has 2 heterocycles. The van der Waals surface area contributed by atoms with E-state index >= 15 is 0 Å². The van der Waals surface area contributed by atoms with Gasteiger partial charge in [0.1, 0.15) is 24.0 Å². The van der Waals surface area contributed by atoms with E-state index in [9.17, 15) is 28.8 Å². The molecule has 3 atom stereocenters. The number of imidazole rings is 1. The molecule has 2 aromatic heterocycles. The number of rotatable bonds is 13. The van der Waals surface area contributed by atoms with Gasteiger partial charge in [0.2, 0.25) is 17.6 Å². The van der Waals surface area contributed by atoms with E-state index in [1.807, 2.05) is 0 Å². The Hall–Kier alpha value is -4.29. The lowest BCUT2D eigenvalue weighted by Crippen LogP contribution is -2.63. The largest absolute Gasteiger partial charge is 0.350 e. The van der Waals surface area contributed by atoms with Crippen molar-refractivity contribution in [3.63, 3.8) is 0 Å². The first-order valence-corrected chi connectivity index (χ1v) is 15.8. The Balaban J connectivity index is 1.26. The number of pyridine rings is 1. The van der Waals surface area contributed by atoms with Crippen LogP contribution in [0.4, 0.5) is 5.69 Å². The molecule has 0 spiro atoms. The molecule has 4 N–H and O–H groups in total. The molecule has 0 saturated heterocycles. The van der Waals surface area contributed by atoms with Gasteiger partial charge in [0.05, 0.1) is 6.33 Å². The SMILES string of the molecule is CCNC(=O)C(=O)CC[C@H](NC(=O)c1cn(C)cn1)C(=O)Nc1cccn(CC(=O)NC23CC4CC(CC(CC)(C4)C2)C3)c1=O. The van der Waals surface area contributed by atoms with Crippen LogP contribution in [0, 0.1) is 17.3 Å². The molecule has 13 heteroatoms. The zero-order valence-electron chi connectivity index (χ0n) is 26.2. The fourth-order valence-corrected chi connectivity index (χ4v) is 8.16. The molecule has 4 aliphatic rings. The summed E-state index contributed by atoms with van der Waals surface area (Å²) in [5.41, 5.74) is -0.531. The van der Waals surface area contributed by atoms with Gasteiger partial charge < -0.3 is 30.4 Å². The van der Waals surface area contributed by atoms with E-state index in [4.69, 9.17) is 0 Å². The first-order chi connectivity index (χ1) is 21.4. The molecule has 4 amide bonds. The van der Waals surface area contributed by atoms with Gasteiger partial charge in [-0.05, 0) is 81.3 Å². The van der Waals surface area contributed by atoms with E-state index in [0.717, 1.165) is 25.7 Å². The molecule has 0 aromatic carbocycles. The minimum atomic E-state index is -1.25. The van der Waals surface area contributed by atoms with Crippen LogP contribution >= 0.6 is 0 Å². The Morgan fingerprint density at radius 3 is 2.47 bits per heavy atom. The van der Waals surface area contributed by atoms with Crippen molar-refractivity contribution in [1.29, 1.82) is 0 Å². The molecule has 4 saturated carbocycles. The van der Waals surface area contributed by atoms with Gasteiger partial charge in [0.15, 0.2) is 0 Å². The van der Waals surface area contributed by atoms with Crippen LogP contribution in [0.5, 0.6) is 0 Å². The molecule has 2 aromatic rings. The maximum absolute atomic E-state index is 13.4. The third-order valence-electron chi connectivity index (χ3n) is 9.74. The van der Waals surface area contributed by atoms with Crippen molar-refractivity contribution in [3.05, 3.63) is 46.9 Å². The van der Waals surface area contributed by atoms with Crippen LogP contribution in [0.3, 0.4) is 0 Å². The molecule has 2 unspecified atom stereocenters. The summed E-state index contributed by atoms with van der Waals surface area (Å²) in [4.78, 5) is 81.0. The van der Waals surface area contributed by atoms with Crippen molar-refractivity contribution in [2.75, 3.05) is 11.9 Å². The summed E-state index contributed by atoms with van der Waals surface area (Å²) >= 11 is 0. The number of carbonyl (C=O) groups excluding carboxylic acids is 5. The van der Waals surface area contributed by atoms with Gasteiger partial charge in [0, 0.05) is 37.9 Å². The van der Waals surface area contributed by atoms with E-state index < -0.39 is 35.1 Å². The second-order valence-electron chi connectivity index (χ2n) is 13.3. The van der Waals surface area contributed by atoms with Gasteiger partial charge in [0.25, 0.3) is 17.4 Å². The van der Waals surface area contributed by atoms with Crippen LogP contribution in [-0.4, -0.2) is 61.7 Å². The Labute approximate surface area is 261 Å². The van der Waals surface area contributed by atoms with Crippen molar-refractivity contribution in [2.24, 2.45) is 24.3 Å². The highest BCUT2D eigenvalue weighted by molar-refractivity contribution is 6.36. The first kappa shape index (κ1) is 32.1. The second kappa shape index (κ2) is 13.0. The van der Waals surface area contributed by atoms with E-state index in [0.29, 0.717) is 17.3 Å². The van der Waals surface area contributed by atoms with Crippen LogP contribution in [0.2, 0.25) is 0 Å². The number of nitrogens with zero attached hydrogens (tertiary/aromatic N) is 3. The average Bonchev–Trinajstić information content (AvgIpc) is 3.42. The van der Waals surface area contributed by atoms with Crippen molar-refractivity contribution in [2.45, 2.75) is 89.8 Å². The zero-order chi connectivity index (χ0) is 32.4. The van der Waals surface area contributed by atoms with Gasteiger partial charge in [-0.15, -0.1) is 0 Å². The van der Waals surface area contributed by atoms with Gasteiger partial charge in [-0.25, -0.2) is 4.98 Å². The number of ketones is 1. The average molecular weight is 622 g/mol. The Bertz CT molecular complexity index is 1530. The summed E-state index contributed by atoms with van der Waals surface area (Å²) in [5.74, 6) is -1.89. The molecule has 13 nitrogen and oxygen atoms in total. The molecule has 45 heavy (non-hydrogen) atoms. The highest BCUT2D eigenvalue weighted by Crippen LogP contribution is 2.62. The van der Waals surface area contributed by atoms with Gasteiger partial charge in [-0.1, -0.05) is 13.3 Å². The summed E-state index contributed by atoms with van der Waals surface area (Å²) in [6.07, 6.45) is 11.7. The summed E-state index contributed by atoms with van der Waals surface area (Å²) < 4.78 is 2.82. The summed E-state index contributed by atoms with van der Waals surface area (Å²) in [6, 6.07) is 1.72. The maximum Gasteiger partial charge on any atom is 0.287 e. The van der Waals surface area contributed by atoms with Crippen LogP contribution in [0.15, 0.2) is 35.6 Å². The van der Waals surface area contributed by atoms with Crippen LogP contribution < -0.4 is 26.8 Å². The predicted molar refractivity (Wildman–Crippen MR) is 165 cm³/mol. The summed E-state index contributed by atoms with van der Waals surface area (Å²) in [5, 5.41) is 10.8. The second-order valence-corrected chi connectivity index (χ2v) is 13.3. The third-order valence-corrected chi connectivity index (χ3v) is 9.74. The lowest BCUT2D eigenvalue weighted by molar-refractivity contribution is -0.138. The first-order valence-electron chi connectivity index (χ1n) is 15.8. The number of nitrogens with one attached hydrogen (secondary N) is 4. The molecule has 4 aliphatic carbocycles. The fourth-order valence-electron chi connectivity index (χ4n) is 8.16. The van der Waals surface area contributed by atoms with Crippen molar-refractivity contribution in [3.8, 4) is 0 Å². The highest BCUT2D eigenvalue weighted by Gasteiger charge is 2.57. The number of likely N-dealkylation sites (N-methyl/N-ethyl adjacent to an activating group) is 1. The van der Waals surface area contributed by atoms with E-state index in [-0.39, 0.29) is 48.8 Å². The lowest BCUT2D eigenvalue weighted by Gasteiger charge is -2.62. The van der Waals surface area contributed by atoms with Crippen LogP contribution in [-0.2, 0) is 32.8 Å². The Morgan fingerprint density at radius 2 is 1.82 bits per heavy atom. The van der Waals surface area contributed by atoms with E-state index in [1.165, 1.54) is 48.6 Å². The molecular formula is C32H43N7O6. The van der Waals surface area contributed by atoms with Crippen LogP contribution in [0.25, 0.3) is 0 Å². The number of Topliss-reactive ketones (excluding diaryl/α,β-unsaturated/α-hetero) is 1. The van der Waals surface area contributed by atoms with Gasteiger partial charge >= 0.3 is 0 Å². The fraction of sp³-hybridized carbons (Fsp3) is 0.594. The number of aromatic nitrogens is 3. The minimum Gasteiger partial charge on any atom is -0.350 e. The number of carbonyl (C=O) groups is 5. The van der Waals surface area contributed by atoms with Crippen molar-refractivity contribution in [1.82, 2.24) is 30.1 Å². The topological polar surface area (TPSA) is 173 Å². The smallest absolute Gasteiger partial charge is 0.287 e. The minimum absolute atomic E-state index is 0.0577. The molecule has 4 bridgehead atoms. The zero-order valence-corrected chi connectivity index (χ0v) is 26.2. The third kappa shape index (κ3) is 7.18. The van der Waals surface area contributed by atoms with E-state index in [2.05, 4.69) is 33.2 Å². The molecule has 6 rings (SSSR count).